The van der Waals surface area contributed by atoms with E-state index in [4.69, 9.17) is 16.3 Å². The van der Waals surface area contributed by atoms with Crippen LogP contribution < -0.4 is 10.1 Å². The number of nitrogens with one attached hydrogen (secondary N) is 1. The number of amides is 2. The first-order valence-electron chi connectivity index (χ1n) is 10.9. The summed E-state index contributed by atoms with van der Waals surface area (Å²) >= 11 is 10.1. The second-order valence-corrected chi connectivity index (χ2v) is 10.6. The van der Waals surface area contributed by atoms with E-state index in [1.807, 2.05) is 65.4 Å². The second kappa shape index (κ2) is 12.5. The van der Waals surface area contributed by atoms with E-state index in [9.17, 15) is 9.59 Å². The molecule has 0 saturated carbocycles. The summed E-state index contributed by atoms with van der Waals surface area (Å²) in [7, 11) is 0. The van der Waals surface area contributed by atoms with Crippen LogP contribution in [0, 0.1) is 0 Å². The van der Waals surface area contributed by atoms with Gasteiger partial charge in [-0.25, -0.2) is 4.98 Å². The fourth-order valence-electron chi connectivity index (χ4n) is 3.25. The lowest BCUT2D eigenvalue weighted by Gasteiger charge is -2.05. The fourth-order valence-corrected chi connectivity index (χ4v) is 5.93. The molecule has 0 unspecified atom stereocenters. The smallest absolute Gasteiger partial charge is 0.258 e. The molecule has 35 heavy (non-hydrogen) atoms. The molecule has 11 heteroatoms. The third kappa shape index (κ3) is 7.02. The van der Waals surface area contributed by atoms with Gasteiger partial charge in [0.25, 0.3) is 5.91 Å². The van der Waals surface area contributed by atoms with Gasteiger partial charge in [0.05, 0.1) is 34.0 Å². The first kappa shape index (κ1) is 25.6. The number of rotatable bonds is 10. The Kier molecular flexibility index (Phi) is 9.11. The molecule has 0 aliphatic rings. The first-order valence-corrected chi connectivity index (χ1v) is 14.1. The second-order valence-electron chi connectivity index (χ2n) is 7.30. The predicted octanol–water partition coefficient (Wildman–Crippen LogP) is 5.32. The van der Waals surface area contributed by atoms with E-state index < -0.39 is 0 Å². The molecule has 2 amide bonds. The Hall–Kier alpha value is -2.50. The highest BCUT2D eigenvalue weighted by atomic mass is 35.5. The minimum atomic E-state index is -0.300. The van der Waals surface area contributed by atoms with Gasteiger partial charge >= 0.3 is 0 Å². The first-order chi connectivity index (χ1) is 17.0. The average Bonchev–Trinajstić information content (AvgIpc) is 3.44. The number of carbonyl (C=O) groups is 2. The van der Waals surface area contributed by atoms with Crippen molar-refractivity contribution in [2.24, 2.45) is 4.99 Å². The van der Waals surface area contributed by atoms with Gasteiger partial charge in [0, 0.05) is 29.1 Å². The molecule has 4 aromatic rings. The van der Waals surface area contributed by atoms with Gasteiger partial charge < -0.3 is 14.6 Å². The summed E-state index contributed by atoms with van der Waals surface area (Å²) in [6.07, 6.45) is 0. The Balaban J connectivity index is 1.35. The van der Waals surface area contributed by atoms with Gasteiger partial charge in [0.2, 0.25) is 5.91 Å². The van der Waals surface area contributed by atoms with Crippen molar-refractivity contribution < 1.29 is 14.3 Å². The highest BCUT2D eigenvalue weighted by Gasteiger charge is 2.11. The number of carbonyl (C=O) groups excluding carboxylic acids is 2. The van der Waals surface area contributed by atoms with Crippen LogP contribution in [0.5, 0.6) is 0 Å². The summed E-state index contributed by atoms with van der Waals surface area (Å²) < 4.78 is 8.40. The van der Waals surface area contributed by atoms with E-state index in [-0.39, 0.29) is 23.3 Å². The Morgan fingerprint density at radius 2 is 2.03 bits per heavy atom. The number of aromatic nitrogens is 2. The monoisotopic (exact) mass is 546 g/mol. The Labute approximate surface area is 219 Å². The molecule has 0 radical (unpaired) electrons. The third-order valence-electron chi connectivity index (χ3n) is 4.81. The van der Waals surface area contributed by atoms with Crippen molar-refractivity contribution in [3.8, 4) is 11.3 Å². The number of ether oxygens (including phenoxy) is 1. The number of anilines is 1. The van der Waals surface area contributed by atoms with Gasteiger partial charge in [0.15, 0.2) is 9.93 Å². The molecule has 4 rings (SSSR count). The zero-order valence-corrected chi connectivity index (χ0v) is 22.1. The molecule has 1 N–H and O–H groups in total. The SMILES string of the molecule is CCOCCn1c(=NC(=O)CSCC(=O)Nc2nc(-c3ccccc3)cs2)sc2cc(Cl)ccc21. The highest BCUT2D eigenvalue weighted by Crippen LogP contribution is 2.25. The number of halogens is 1. The van der Waals surface area contributed by atoms with Crippen molar-refractivity contribution in [2.45, 2.75) is 13.5 Å². The maximum atomic E-state index is 12.5. The summed E-state index contributed by atoms with van der Waals surface area (Å²) in [6.45, 7) is 3.65. The molecule has 182 valence electrons. The van der Waals surface area contributed by atoms with Crippen LogP contribution in [0.1, 0.15) is 6.92 Å². The van der Waals surface area contributed by atoms with E-state index >= 15 is 0 Å². The number of fused-ring (bicyclic) bond motifs is 1. The lowest BCUT2D eigenvalue weighted by molar-refractivity contribution is -0.115. The van der Waals surface area contributed by atoms with Crippen LogP contribution >= 0.6 is 46.0 Å². The molecule has 0 aliphatic heterocycles. The van der Waals surface area contributed by atoms with Gasteiger partial charge in [-0.2, -0.15) is 4.99 Å². The molecule has 2 heterocycles. The number of thioether (sulfide) groups is 1. The number of nitrogens with zero attached hydrogens (tertiary/aromatic N) is 3. The molecule has 0 aliphatic carbocycles. The summed E-state index contributed by atoms with van der Waals surface area (Å²) in [4.78, 5) is 34.2. The Bertz CT molecular complexity index is 1380. The fraction of sp³-hybridized carbons (Fsp3) is 0.250. The van der Waals surface area contributed by atoms with Crippen molar-refractivity contribution in [2.75, 3.05) is 30.0 Å². The van der Waals surface area contributed by atoms with Crippen molar-refractivity contribution in [1.82, 2.24) is 9.55 Å². The molecule has 0 bridgehead atoms. The van der Waals surface area contributed by atoms with Gasteiger partial charge in [-0.15, -0.1) is 23.1 Å². The van der Waals surface area contributed by atoms with Crippen molar-refractivity contribution >= 4 is 73.2 Å². The summed E-state index contributed by atoms with van der Waals surface area (Å²) in [5.41, 5.74) is 2.76. The molecular formula is C24H23ClN4O3S3. The zero-order valence-electron chi connectivity index (χ0n) is 18.9. The number of benzene rings is 2. The van der Waals surface area contributed by atoms with Crippen LogP contribution in [0.15, 0.2) is 58.9 Å². The predicted molar refractivity (Wildman–Crippen MR) is 145 cm³/mol. The van der Waals surface area contributed by atoms with Crippen LogP contribution in [0.2, 0.25) is 5.02 Å². The quantitative estimate of drug-likeness (QED) is 0.272. The highest BCUT2D eigenvalue weighted by molar-refractivity contribution is 8.00. The lowest BCUT2D eigenvalue weighted by atomic mass is 10.2. The van der Waals surface area contributed by atoms with Crippen LogP contribution in [0.4, 0.5) is 5.13 Å². The molecule has 7 nitrogen and oxygen atoms in total. The summed E-state index contributed by atoms with van der Waals surface area (Å²) in [5, 5.41) is 5.86. The molecule has 2 aromatic heterocycles. The maximum Gasteiger partial charge on any atom is 0.258 e. The number of thiazole rings is 2. The Morgan fingerprint density at radius 3 is 2.83 bits per heavy atom. The van der Waals surface area contributed by atoms with Crippen molar-refractivity contribution in [3.05, 3.63) is 63.7 Å². The van der Waals surface area contributed by atoms with Crippen LogP contribution in [0.3, 0.4) is 0 Å². The van der Waals surface area contributed by atoms with Gasteiger partial charge in [-0.05, 0) is 25.1 Å². The van der Waals surface area contributed by atoms with E-state index in [0.29, 0.717) is 34.7 Å². The van der Waals surface area contributed by atoms with Crippen molar-refractivity contribution in [3.63, 3.8) is 0 Å². The molecule has 0 saturated heterocycles. The molecule has 2 aromatic carbocycles. The minimum absolute atomic E-state index is 0.0982. The standard InChI is InChI=1S/C24H23ClN4O3S3/c1-2-32-11-10-29-19-9-8-17(25)12-20(19)35-24(29)28-22(31)15-33-14-21(30)27-23-26-18(13-34-23)16-6-4-3-5-7-16/h3-9,12-13H,2,10-11,14-15H2,1H3,(H,26,27,30). The van der Waals surface area contributed by atoms with E-state index in [1.165, 1.54) is 34.4 Å². The number of hydrogen-bond acceptors (Lipinski definition) is 7. The topological polar surface area (TPSA) is 85.6 Å². The lowest BCUT2D eigenvalue weighted by Crippen LogP contribution is -2.20. The van der Waals surface area contributed by atoms with Crippen LogP contribution in [0.25, 0.3) is 21.5 Å². The average molecular weight is 547 g/mol. The molecule has 0 fully saturated rings. The maximum absolute atomic E-state index is 12.5. The Morgan fingerprint density at radius 1 is 1.20 bits per heavy atom. The van der Waals surface area contributed by atoms with Gasteiger partial charge in [0.1, 0.15) is 0 Å². The number of hydrogen-bond donors (Lipinski definition) is 1. The van der Waals surface area contributed by atoms with Gasteiger partial charge in [-0.1, -0.05) is 53.3 Å². The van der Waals surface area contributed by atoms with Crippen LogP contribution in [-0.4, -0.2) is 46.1 Å². The van der Waals surface area contributed by atoms with Crippen molar-refractivity contribution in [1.29, 1.82) is 0 Å². The van der Waals surface area contributed by atoms with Crippen LogP contribution in [-0.2, 0) is 20.9 Å². The van der Waals surface area contributed by atoms with E-state index in [2.05, 4.69) is 15.3 Å². The summed E-state index contributed by atoms with van der Waals surface area (Å²) in [6, 6.07) is 15.4. The minimum Gasteiger partial charge on any atom is -0.380 e. The largest absolute Gasteiger partial charge is 0.380 e. The molecule has 0 atom stereocenters. The molecular weight excluding hydrogens is 524 g/mol. The summed E-state index contributed by atoms with van der Waals surface area (Å²) in [5.74, 6) is -0.277. The zero-order chi connectivity index (χ0) is 24.6. The van der Waals surface area contributed by atoms with E-state index in [1.54, 1.807) is 0 Å². The third-order valence-corrected chi connectivity index (χ3v) is 7.76. The van der Waals surface area contributed by atoms with E-state index in [0.717, 1.165) is 21.5 Å². The molecule has 0 spiro atoms. The van der Waals surface area contributed by atoms with Gasteiger partial charge in [-0.3, -0.25) is 9.59 Å². The normalized spacial score (nSPS) is 11.8.